The van der Waals surface area contributed by atoms with Crippen molar-refractivity contribution in [2.24, 2.45) is 0 Å². The van der Waals surface area contributed by atoms with E-state index in [1.165, 1.54) is 4.90 Å². The second-order valence-electron chi connectivity index (χ2n) is 4.32. The molecule has 2 N–H and O–H groups in total. The summed E-state index contributed by atoms with van der Waals surface area (Å²) in [6.07, 6.45) is 1.95. The summed E-state index contributed by atoms with van der Waals surface area (Å²) in [5.74, 6) is -1.23. The molecule has 0 bridgehead atoms. The molecule has 0 saturated carbocycles. The average molecular weight is 258 g/mol. The zero-order chi connectivity index (χ0) is 14.1. The van der Waals surface area contributed by atoms with Crippen molar-refractivity contribution in [2.75, 3.05) is 7.05 Å². The van der Waals surface area contributed by atoms with Gasteiger partial charge in [0.05, 0.1) is 0 Å². The number of carboxylic acids is 1. The van der Waals surface area contributed by atoms with Crippen LogP contribution in [-0.4, -0.2) is 41.0 Å². The first kappa shape index (κ1) is 16.4. The number of amides is 3. The van der Waals surface area contributed by atoms with Gasteiger partial charge in [0.1, 0.15) is 0 Å². The molecule has 0 spiro atoms. The number of hydrogen-bond acceptors (Lipinski definition) is 3. The van der Waals surface area contributed by atoms with E-state index in [1.807, 2.05) is 13.8 Å². The quantitative estimate of drug-likeness (QED) is 0.679. The van der Waals surface area contributed by atoms with Crippen LogP contribution in [0.3, 0.4) is 0 Å². The fourth-order valence-electron chi connectivity index (χ4n) is 1.31. The van der Waals surface area contributed by atoms with E-state index in [0.717, 1.165) is 6.42 Å². The van der Waals surface area contributed by atoms with Gasteiger partial charge in [-0.1, -0.05) is 6.92 Å². The van der Waals surface area contributed by atoms with Crippen molar-refractivity contribution < 1.29 is 19.5 Å². The van der Waals surface area contributed by atoms with E-state index in [0.29, 0.717) is 12.8 Å². The number of carbonyl (C=O) groups excluding carboxylic acids is 2. The van der Waals surface area contributed by atoms with Crippen LogP contribution in [0.4, 0.5) is 4.79 Å². The molecular formula is C12H22N2O4. The zero-order valence-electron chi connectivity index (χ0n) is 11.2. The zero-order valence-corrected chi connectivity index (χ0v) is 11.2. The molecule has 18 heavy (non-hydrogen) atoms. The molecule has 0 aliphatic heterocycles. The number of carbonyl (C=O) groups is 3. The lowest BCUT2D eigenvalue weighted by Gasteiger charge is -2.23. The highest BCUT2D eigenvalue weighted by molar-refractivity contribution is 5.94. The minimum atomic E-state index is -0.872. The van der Waals surface area contributed by atoms with Crippen molar-refractivity contribution in [3.8, 4) is 0 Å². The van der Waals surface area contributed by atoms with Crippen LogP contribution in [0.25, 0.3) is 0 Å². The minimum Gasteiger partial charge on any atom is -0.481 e. The Morgan fingerprint density at radius 1 is 1.22 bits per heavy atom. The standard InChI is InChI=1S/C12H22N2O4/c1-4-9(2)14(3)12(18)13-10(15)7-5-6-8-11(16)17/h9H,4-8H2,1-3H3,(H,16,17)(H,13,15,18). The largest absolute Gasteiger partial charge is 0.481 e. The Kier molecular flexibility index (Phi) is 7.74. The predicted octanol–water partition coefficient (Wildman–Crippen LogP) is 1.60. The molecule has 0 aromatic carbocycles. The van der Waals surface area contributed by atoms with E-state index in [1.54, 1.807) is 7.05 Å². The van der Waals surface area contributed by atoms with Crippen molar-refractivity contribution in [3.05, 3.63) is 0 Å². The molecule has 0 aromatic heterocycles. The van der Waals surface area contributed by atoms with Gasteiger partial charge in [-0.15, -0.1) is 0 Å². The number of hydrogen-bond donors (Lipinski definition) is 2. The van der Waals surface area contributed by atoms with Crippen molar-refractivity contribution in [3.63, 3.8) is 0 Å². The number of carboxylic acid groups (broad SMARTS) is 1. The summed E-state index contributed by atoms with van der Waals surface area (Å²) in [4.78, 5) is 34.7. The molecular weight excluding hydrogens is 236 g/mol. The molecule has 6 nitrogen and oxygen atoms in total. The predicted molar refractivity (Wildman–Crippen MR) is 67.2 cm³/mol. The maximum atomic E-state index is 11.6. The van der Waals surface area contributed by atoms with E-state index in [9.17, 15) is 14.4 Å². The minimum absolute atomic E-state index is 0.0496. The molecule has 104 valence electrons. The Morgan fingerprint density at radius 2 is 1.78 bits per heavy atom. The van der Waals surface area contributed by atoms with Gasteiger partial charge in [0.15, 0.2) is 0 Å². The molecule has 0 heterocycles. The lowest BCUT2D eigenvalue weighted by molar-refractivity contribution is -0.137. The molecule has 0 fully saturated rings. The Bertz CT molecular complexity index is 304. The van der Waals surface area contributed by atoms with Gasteiger partial charge in [-0.25, -0.2) is 4.79 Å². The molecule has 0 radical (unpaired) electrons. The third kappa shape index (κ3) is 6.88. The van der Waals surface area contributed by atoms with Gasteiger partial charge in [0.25, 0.3) is 0 Å². The molecule has 1 unspecified atom stereocenters. The summed E-state index contributed by atoms with van der Waals surface area (Å²) in [5, 5.41) is 10.7. The SMILES string of the molecule is CCC(C)N(C)C(=O)NC(=O)CCCCC(=O)O. The first-order chi connectivity index (χ1) is 8.38. The van der Waals surface area contributed by atoms with Crippen LogP contribution < -0.4 is 5.32 Å². The van der Waals surface area contributed by atoms with Crippen molar-refractivity contribution in [1.82, 2.24) is 10.2 Å². The lowest BCUT2D eigenvalue weighted by atomic mass is 10.2. The van der Waals surface area contributed by atoms with Gasteiger partial charge in [-0.3, -0.25) is 14.9 Å². The van der Waals surface area contributed by atoms with Gasteiger partial charge in [-0.2, -0.15) is 0 Å². The summed E-state index contributed by atoms with van der Waals surface area (Å²) in [5.41, 5.74) is 0. The van der Waals surface area contributed by atoms with Crippen molar-refractivity contribution in [2.45, 2.75) is 52.0 Å². The number of unbranched alkanes of at least 4 members (excludes halogenated alkanes) is 1. The third-order valence-electron chi connectivity index (χ3n) is 2.86. The van der Waals surface area contributed by atoms with Gasteiger partial charge in [-0.05, 0) is 26.2 Å². The Hall–Kier alpha value is -1.59. The average Bonchev–Trinajstić information content (AvgIpc) is 2.32. The second kappa shape index (κ2) is 8.49. The molecule has 0 aliphatic rings. The molecule has 1 atom stereocenters. The van der Waals surface area contributed by atoms with Crippen LogP contribution in [0.15, 0.2) is 0 Å². The molecule has 3 amide bonds. The molecule has 0 saturated heterocycles. The third-order valence-corrected chi connectivity index (χ3v) is 2.86. The van der Waals surface area contributed by atoms with Crippen LogP contribution in [0, 0.1) is 0 Å². The van der Waals surface area contributed by atoms with E-state index in [2.05, 4.69) is 5.32 Å². The summed E-state index contributed by atoms with van der Waals surface area (Å²) in [6, 6.07) is -0.336. The number of imide groups is 1. The van der Waals surface area contributed by atoms with Crippen molar-refractivity contribution >= 4 is 17.9 Å². The van der Waals surface area contributed by atoms with Crippen molar-refractivity contribution in [1.29, 1.82) is 0 Å². The van der Waals surface area contributed by atoms with Gasteiger partial charge >= 0.3 is 12.0 Å². The van der Waals surface area contributed by atoms with Crippen LogP contribution in [0.5, 0.6) is 0 Å². The maximum absolute atomic E-state index is 11.6. The van der Waals surface area contributed by atoms with Gasteiger partial charge in [0, 0.05) is 25.9 Å². The van der Waals surface area contributed by atoms with Crippen LogP contribution in [0.2, 0.25) is 0 Å². The van der Waals surface area contributed by atoms with E-state index < -0.39 is 12.0 Å². The molecule has 0 rings (SSSR count). The molecule has 6 heteroatoms. The van der Waals surface area contributed by atoms with Crippen LogP contribution in [0.1, 0.15) is 46.0 Å². The maximum Gasteiger partial charge on any atom is 0.324 e. The van der Waals surface area contributed by atoms with E-state index >= 15 is 0 Å². The normalized spacial score (nSPS) is 11.7. The number of urea groups is 1. The Morgan fingerprint density at radius 3 is 2.28 bits per heavy atom. The second-order valence-corrected chi connectivity index (χ2v) is 4.32. The molecule has 0 aromatic rings. The van der Waals surface area contributed by atoms with E-state index in [4.69, 9.17) is 5.11 Å². The van der Waals surface area contributed by atoms with Crippen LogP contribution >= 0.6 is 0 Å². The number of nitrogens with one attached hydrogen (secondary N) is 1. The lowest BCUT2D eigenvalue weighted by Crippen LogP contribution is -2.44. The fraction of sp³-hybridized carbons (Fsp3) is 0.750. The summed E-state index contributed by atoms with van der Waals surface area (Å²) < 4.78 is 0. The number of aliphatic carboxylic acids is 1. The smallest absolute Gasteiger partial charge is 0.324 e. The monoisotopic (exact) mass is 258 g/mol. The van der Waals surface area contributed by atoms with Gasteiger partial charge < -0.3 is 10.0 Å². The number of rotatable bonds is 7. The van der Waals surface area contributed by atoms with E-state index in [-0.39, 0.29) is 24.8 Å². The van der Waals surface area contributed by atoms with Crippen LogP contribution in [-0.2, 0) is 9.59 Å². The highest BCUT2D eigenvalue weighted by Crippen LogP contribution is 2.02. The fourth-order valence-corrected chi connectivity index (χ4v) is 1.31. The first-order valence-corrected chi connectivity index (χ1v) is 6.16. The summed E-state index contributed by atoms with van der Waals surface area (Å²) >= 11 is 0. The highest BCUT2D eigenvalue weighted by Gasteiger charge is 2.16. The highest BCUT2D eigenvalue weighted by atomic mass is 16.4. The topological polar surface area (TPSA) is 86.7 Å². The Labute approximate surface area is 107 Å². The van der Waals surface area contributed by atoms with Gasteiger partial charge in [0.2, 0.25) is 5.91 Å². The summed E-state index contributed by atoms with van der Waals surface area (Å²) in [6.45, 7) is 3.86. The Balaban J connectivity index is 3.87. The molecule has 0 aliphatic carbocycles. The number of nitrogens with zero attached hydrogens (tertiary/aromatic N) is 1. The first-order valence-electron chi connectivity index (χ1n) is 6.16. The summed E-state index contributed by atoms with van der Waals surface area (Å²) in [7, 11) is 1.64.